The van der Waals surface area contributed by atoms with E-state index in [9.17, 15) is 0 Å². The van der Waals surface area contributed by atoms with E-state index in [0.717, 1.165) is 11.1 Å². The van der Waals surface area contributed by atoms with Crippen LogP contribution in [0.25, 0.3) is 0 Å². The standard InChI is InChI=1S/C16H28N6O2/c1-23-9-7-19-15(17)21-11-13-3-5-14(6-4-13)12-22-16(18)20-8-10-24-2/h3-6H,7-12H2,1-2H3,(H3,17,19,21)(H3,18,20,22). The van der Waals surface area contributed by atoms with Crippen LogP contribution in [0.2, 0.25) is 0 Å². The fourth-order valence-electron chi connectivity index (χ4n) is 1.78. The van der Waals surface area contributed by atoms with E-state index in [1.54, 1.807) is 14.2 Å². The molecule has 0 saturated carbocycles. The molecule has 0 saturated heterocycles. The number of benzene rings is 1. The number of ether oxygens (including phenoxy) is 2. The van der Waals surface area contributed by atoms with Gasteiger partial charge in [0.2, 0.25) is 0 Å². The van der Waals surface area contributed by atoms with Crippen LogP contribution >= 0.6 is 0 Å². The summed E-state index contributed by atoms with van der Waals surface area (Å²) < 4.78 is 9.86. The predicted octanol–water partition coefficient (Wildman–Crippen LogP) is -0.212. The van der Waals surface area contributed by atoms with Gasteiger partial charge in [-0.05, 0) is 11.1 Å². The Morgan fingerprint density at radius 1 is 0.833 bits per heavy atom. The smallest absolute Gasteiger partial charge is 0.188 e. The summed E-state index contributed by atoms with van der Waals surface area (Å²) in [4.78, 5) is 8.54. The molecule has 0 radical (unpaired) electrons. The molecule has 6 N–H and O–H groups in total. The second-order valence-electron chi connectivity index (χ2n) is 5.06. The Bertz CT molecular complexity index is 469. The van der Waals surface area contributed by atoms with E-state index >= 15 is 0 Å². The highest BCUT2D eigenvalue weighted by Gasteiger charge is 1.96. The van der Waals surface area contributed by atoms with Gasteiger partial charge in [0, 0.05) is 27.3 Å². The minimum atomic E-state index is 0.413. The van der Waals surface area contributed by atoms with Crippen LogP contribution in [0.4, 0.5) is 0 Å². The first-order chi connectivity index (χ1) is 11.7. The zero-order valence-corrected chi connectivity index (χ0v) is 14.4. The number of guanidine groups is 2. The molecule has 1 rings (SSSR count). The normalized spacial score (nSPS) is 12.2. The molecule has 0 aliphatic rings. The lowest BCUT2D eigenvalue weighted by Crippen LogP contribution is -2.34. The molecule has 134 valence electrons. The number of nitrogens with two attached hydrogens (primary N) is 2. The highest BCUT2D eigenvalue weighted by molar-refractivity contribution is 5.78. The molecule has 0 spiro atoms. The van der Waals surface area contributed by atoms with Crippen molar-refractivity contribution in [2.75, 3.05) is 40.5 Å². The summed E-state index contributed by atoms with van der Waals surface area (Å²) in [6.45, 7) is 3.52. The lowest BCUT2D eigenvalue weighted by molar-refractivity contribution is 0.204. The molecule has 8 nitrogen and oxygen atoms in total. The average Bonchev–Trinajstić information content (AvgIpc) is 2.59. The Kier molecular flexibility index (Phi) is 9.98. The molecule has 0 unspecified atom stereocenters. The van der Waals surface area contributed by atoms with Gasteiger partial charge in [0.1, 0.15) is 0 Å². The average molecular weight is 336 g/mol. The summed E-state index contributed by atoms with van der Waals surface area (Å²) in [7, 11) is 3.29. The van der Waals surface area contributed by atoms with Gasteiger partial charge < -0.3 is 31.6 Å². The Morgan fingerprint density at radius 2 is 1.21 bits per heavy atom. The van der Waals surface area contributed by atoms with Crippen LogP contribution in [0.15, 0.2) is 34.3 Å². The van der Waals surface area contributed by atoms with Crippen LogP contribution in [0, 0.1) is 0 Å². The summed E-state index contributed by atoms with van der Waals surface area (Å²) in [5.74, 6) is 0.825. The Hall–Kier alpha value is -2.32. The number of hydrogen-bond donors (Lipinski definition) is 4. The highest BCUT2D eigenvalue weighted by atomic mass is 16.5. The lowest BCUT2D eigenvalue weighted by Gasteiger charge is -2.06. The van der Waals surface area contributed by atoms with E-state index in [-0.39, 0.29) is 0 Å². The van der Waals surface area contributed by atoms with E-state index < -0.39 is 0 Å². The Labute approximate surface area is 143 Å². The molecular formula is C16H28N6O2. The molecule has 0 aromatic heterocycles. The number of aliphatic imine (C=N–C) groups is 2. The van der Waals surface area contributed by atoms with E-state index in [1.807, 2.05) is 24.3 Å². The van der Waals surface area contributed by atoms with Gasteiger partial charge in [0.05, 0.1) is 26.3 Å². The van der Waals surface area contributed by atoms with E-state index in [2.05, 4.69) is 20.6 Å². The first-order valence-corrected chi connectivity index (χ1v) is 7.79. The third-order valence-corrected chi connectivity index (χ3v) is 3.11. The topological polar surface area (TPSA) is 119 Å². The lowest BCUT2D eigenvalue weighted by atomic mass is 10.1. The van der Waals surface area contributed by atoms with Crippen LogP contribution in [0.5, 0.6) is 0 Å². The number of nitrogens with zero attached hydrogens (tertiary/aromatic N) is 2. The summed E-state index contributed by atoms with van der Waals surface area (Å²) in [5, 5.41) is 5.95. The van der Waals surface area contributed by atoms with Gasteiger partial charge in [0.25, 0.3) is 0 Å². The van der Waals surface area contributed by atoms with E-state index in [0.29, 0.717) is 51.3 Å². The highest BCUT2D eigenvalue weighted by Crippen LogP contribution is 2.06. The largest absolute Gasteiger partial charge is 0.383 e. The third kappa shape index (κ3) is 8.96. The van der Waals surface area contributed by atoms with Crippen molar-refractivity contribution in [1.29, 1.82) is 0 Å². The molecule has 0 amide bonds. The molecule has 1 aromatic rings. The minimum Gasteiger partial charge on any atom is -0.383 e. The second-order valence-corrected chi connectivity index (χ2v) is 5.06. The van der Waals surface area contributed by atoms with Gasteiger partial charge in [0.15, 0.2) is 11.9 Å². The van der Waals surface area contributed by atoms with Gasteiger partial charge in [-0.25, -0.2) is 9.98 Å². The van der Waals surface area contributed by atoms with Crippen molar-refractivity contribution in [3.8, 4) is 0 Å². The van der Waals surface area contributed by atoms with Crippen molar-refractivity contribution >= 4 is 11.9 Å². The fraction of sp³-hybridized carbons (Fsp3) is 0.500. The summed E-state index contributed by atoms with van der Waals surface area (Å²) >= 11 is 0. The summed E-state index contributed by atoms with van der Waals surface area (Å²) in [6, 6.07) is 8.02. The minimum absolute atomic E-state index is 0.413. The van der Waals surface area contributed by atoms with Crippen molar-refractivity contribution in [3.63, 3.8) is 0 Å². The van der Waals surface area contributed by atoms with Gasteiger partial charge in [-0.2, -0.15) is 0 Å². The van der Waals surface area contributed by atoms with Crippen molar-refractivity contribution in [2.24, 2.45) is 21.5 Å². The van der Waals surface area contributed by atoms with E-state index in [1.165, 1.54) is 0 Å². The van der Waals surface area contributed by atoms with Crippen molar-refractivity contribution < 1.29 is 9.47 Å². The third-order valence-electron chi connectivity index (χ3n) is 3.11. The number of methoxy groups -OCH3 is 2. The zero-order valence-electron chi connectivity index (χ0n) is 14.4. The summed E-state index contributed by atoms with van der Waals surface area (Å²) in [6.07, 6.45) is 0. The van der Waals surface area contributed by atoms with Crippen LogP contribution < -0.4 is 22.1 Å². The van der Waals surface area contributed by atoms with Gasteiger partial charge in [-0.1, -0.05) is 24.3 Å². The predicted molar refractivity (Wildman–Crippen MR) is 96.9 cm³/mol. The van der Waals surface area contributed by atoms with Crippen molar-refractivity contribution in [3.05, 3.63) is 35.4 Å². The molecule has 1 aromatic carbocycles. The van der Waals surface area contributed by atoms with Crippen molar-refractivity contribution in [2.45, 2.75) is 13.1 Å². The van der Waals surface area contributed by atoms with Crippen LogP contribution in [-0.2, 0) is 22.6 Å². The molecule has 0 heterocycles. The maximum absolute atomic E-state index is 5.76. The first kappa shape index (κ1) is 19.7. The number of hydrogen-bond acceptors (Lipinski definition) is 4. The quantitative estimate of drug-likeness (QED) is 0.267. The second kappa shape index (κ2) is 12.1. The molecule has 0 fully saturated rings. The molecule has 0 atom stereocenters. The molecule has 0 aliphatic carbocycles. The Morgan fingerprint density at radius 3 is 1.54 bits per heavy atom. The Balaban J connectivity index is 2.39. The first-order valence-electron chi connectivity index (χ1n) is 7.79. The van der Waals surface area contributed by atoms with Crippen LogP contribution in [0.1, 0.15) is 11.1 Å². The number of rotatable bonds is 10. The molecular weight excluding hydrogens is 308 g/mol. The van der Waals surface area contributed by atoms with E-state index in [4.69, 9.17) is 20.9 Å². The molecule has 8 heteroatoms. The van der Waals surface area contributed by atoms with Gasteiger partial charge in [-0.3, -0.25) is 0 Å². The molecule has 0 bridgehead atoms. The van der Waals surface area contributed by atoms with Crippen molar-refractivity contribution in [1.82, 2.24) is 10.6 Å². The fourth-order valence-corrected chi connectivity index (χ4v) is 1.78. The molecule has 24 heavy (non-hydrogen) atoms. The molecule has 0 aliphatic heterocycles. The monoisotopic (exact) mass is 336 g/mol. The zero-order chi connectivity index (χ0) is 17.6. The van der Waals surface area contributed by atoms with Crippen LogP contribution in [-0.4, -0.2) is 52.4 Å². The van der Waals surface area contributed by atoms with Gasteiger partial charge in [-0.15, -0.1) is 0 Å². The number of nitrogens with one attached hydrogen (secondary N) is 2. The van der Waals surface area contributed by atoms with Crippen LogP contribution in [0.3, 0.4) is 0 Å². The maximum Gasteiger partial charge on any atom is 0.188 e. The van der Waals surface area contributed by atoms with Gasteiger partial charge >= 0.3 is 0 Å². The SMILES string of the molecule is COCCNC(N)=NCc1ccc(CN=C(N)NCCOC)cc1. The maximum atomic E-state index is 5.76. The summed E-state index contributed by atoms with van der Waals surface area (Å²) in [5.41, 5.74) is 13.7.